The monoisotopic (exact) mass is 213 g/mol. The summed E-state index contributed by atoms with van der Waals surface area (Å²) >= 11 is 0. The van der Waals surface area contributed by atoms with Gasteiger partial charge in [0.1, 0.15) is 0 Å². The molecule has 2 nitrogen and oxygen atoms in total. The lowest BCUT2D eigenvalue weighted by molar-refractivity contribution is -0.149. The number of likely N-dealkylation sites (N-methyl/N-ethyl adjacent to an activating group) is 1. The molecule has 0 amide bonds. The molecule has 0 heterocycles. The summed E-state index contributed by atoms with van der Waals surface area (Å²) in [6.07, 6.45) is 5.01. The Morgan fingerprint density at radius 2 is 1.80 bits per heavy atom. The van der Waals surface area contributed by atoms with Gasteiger partial charge in [-0.1, -0.05) is 6.92 Å². The molecule has 0 unspecified atom stereocenters. The van der Waals surface area contributed by atoms with Crippen molar-refractivity contribution in [2.24, 2.45) is 5.92 Å². The van der Waals surface area contributed by atoms with Gasteiger partial charge in [0.25, 0.3) is 0 Å². The van der Waals surface area contributed by atoms with Crippen molar-refractivity contribution in [2.75, 3.05) is 13.6 Å². The maximum Gasteiger partial charge on any atom is 0.0813 e. The van der Waals surface area contributed by atoms with Crippen LogP contribution in [0.15, 0.2) is 0 Å². The molecule has 0 saturated heterocycles. The molecule has 1 fully saturated rings. The van der Waals surface area contributed by atoms with Crippen molar-refractivity contribution in [3.05, 3.63) is 0 Å². The van der Waals surface area contributed by atoms with Crippen molar-refractivity contribution in [3.63, 3.8) is 0 Å². The zero-order valence-corrected chi connectivity index (χ0v) is 11.0. The van der Waals surface area contributed by atoms with Gasteiger partial charge < -0.3 is 10.1 Å². The molecule has 2 heteroatoms. The van der Waals surface area contributed by atoms with Crippen LogP contribution in [0.25, 0.3) is 0 Å². The Morgan fingerprint density at radius 1 is 1.27 bits per heavy atom. The third kappa shape index (κ3) is 4.12. The predicted molar refractivity (Wildman–Crippen MR) is 65.1 cm³/mol. The molecule has 0 atom stereocenters. The second-order valence-corrected chi connectivity index (χ2v) is 6.11. The fourth-order valence-corrected chi connectivity index (χ4v) is 2.57. The van der Waals surface area contributed by atoms with Crippen LogP contribution < -0.4 is 5.32 Å². The molecule has 1 aliphatic carbocycles. The van der Waals surface area contributed by atoms with Gasteiger partial charge in [-0.3, -0.25) is 0 Å². The van der Waals surface area contributed by atoms with Gasteiger partial charge in [0.05, 0.1) is 11.2 Å². The van der Waals surface area contributed by atoms with Gasteiger partial charge >= 0.3 is 0 Å². The van der Waals surface area contributed by atoms with Crippen LogP contribution in [0.5, 0.6) is 0 Å². The molecule has 1 rings (SSSR count). The zero-order chi connectivity index (χ0) is 11.5. The lowest BCUT2D eigenvalue weighted by atomic mass is 9.79. The van der Waals surface area contributed by atoms with Gasteiger partial charge in [-0.25, -0.2) is 0 Å². The Morgan fingerprint density at radius 3 is 2.20 bits per heavy atom. The standard InChI is InChI=1S/C13H27NO/c1-11-6-8-13(9-7-11,10-14-5)15-12(2,3)4/h11,14H,6-10H2,1-5H3. The van der Waals surface area contributed by atoms with E-state index in [2.05, 4.69) is 33.0 Å². The Balaban J connectivity index is 2.62. The number of hydrogen-bond acceptors (Lipinski definition) is 2. The van der Waals surface area contributed by atoms with Gasteiger partial charge in [-0.2, -0.15) is 0 Å². The van der Waals surface area contributed by atoms with Crippen LogP contribution in [-0.4, -0.2) is 24.8 Å². The van der Waals surface area contributed by atoms with Gasteiger partial charge in [-0.15, -0.1) is 0 Å². The molecule has 0 aromatic carbocycles. The van der Waals surface area contributed by atoms with Crippen LogP contribution in [0.3, 0.4) is 0 Å². The molecule has 1 saturated carbocycles. The summed E-state index contributed by atoms with van der Waals surface area (Å²) in [7, 11) is 2.02. The molecule has 0 radical (unpaired) electrons. The van der Waals surface area contributed by atoms with Crippen molar-refractivity contribution in [2.45, 2.75) is 64.6 Å². The van der Waals surface area contributed by atoms with Crippen LogP contribution >= 0.6 is 0 Å². The quantitative estimate of drug-likeness (QED) is 0.778. The predicted octanol–water partition coefficient (Wildman–Crippen LogP) is 2.97. The third-order valence-electron chi connectivity index (χ3n) is 3.21. The highest BCUT2D eigenvalue weighted by molar-refractivity contribution is 4.90. The molecule has 90 valence electrons. The smallest absolute Gasteiger partial charge is 0.0813 e. The lowest BCUT2D eigenvalue weighted by Crippen LogP contribution is -2.49. The second kappa shape index (κ2) is 4.84. The third-order valence-corrected chi connectivity index (χ3v) is 3.21. The fraction of sp³-hybridized carbons (Fsp3) is 1.00. The van der Waals surface area contributed by atoms with Crippen molar-refractivity contribution in [1.82, 2.24) is 5.32 Å². The minimum atomic E-state index is -0.0303. The van der Waals surface area contributed by atoms with E-state index >= 15 is 0 Å². The van der Waals surface area contributed by atoms with E-state index in [1.165, 1.54) is 25.7 Å². The molecule has 1 aliphatic rings. The topological polar surface area (TPSA) is 21.3 Å². The summed E-state index contributed by atoms with van der Waals surface area (Å²) in [4.78, 5) is 0. The Labute approximate surface area is 94.8 Å². The van der Waals surface area contributed by atoms with E-state index in [0.29, 0.717) is 0 Å². The molecule has 0 aliphatic heterocycles. The molecule has 0 aromatic rings. The minimum absolute atomic E-state index is 0.0303. The van der Waals surface area contributed by atoms with Crippen LogP contribution in [-0.2, 0) is 4.74 Å². The number of hydrogen-bond donors (Lipinski definition) is 1. The number of rotatable bonds is 3. The molecule has 0 bridgehead atoms. The lowest BCUT2D eigenvalue weighted by Gasteiger charge is -2.43. The highest BCUT2D eigenvalue weighted by atomic mass is 16.5. The summed E-state index contributed by atoms with van der Waals surface area (Å²) in [5.41, 5.74) is 0.0525. The number of ether oxygens (including phenoxy) is 1. The molecule has 1 N–H and O–H groups in total. The fourth-order valence-electron chi connectivity index (χ4n) is 2.57. The molecular formula is C13H27NO. The van der Waals surface area contributed by atoms with Crippen LogP contribution in [0.1, 0.15) is 53.4 Å². The second-order valence-electron chi connectivity index (χ2n) is 6.11. The molecule has 0 spiro atoms. The van der Waals surface area contributed by atoms with Crippen LogP contribution in [0.4, 0.5) is 0 Å². The van der Waals surface area contributed by atoms with Gasteiger partial charge in [-0.05, 0) is 59.4 Å². The summed E-state index contributed by atoms with van der Waals surface area (Å²) < 4.78 is 6.29. The van der Waals surface area contributed by atoms with Crippen molar-refractivity contribution < 1.29 is 4.74 Å². The molecular weight excluding hydrogens is 186 g/mol. The van der Waals surface area contributed by atoms with E-state index in [-0.39, 0.29) is 11.2 Å². The zero-order valence-electron chi connectivity index (χ0n) is 11.0. The van der Waals surface area contributed by atoms with Crippen molar-refractivity contribution in [3.8, 4) is 0 Å². The van der Waals surface area contributed by atoms with Crippen LogP contribution in [0.2, 0.25) is 0 Å². The Hall–Kier alpha value is -0.0800. The van der Waals surface area contributed by atoms with E-state index in [1.807, 2.05) is 7.05 Å². The normalized spacial score (nSPS) is 33.0. The Bertz CT molecular complexity index is 187. The highest BCUT2D eigenvalue weighted by Gasteiger charge is 2.37. The van der Waals surface area contributed by atoms with E-state index in [0.717, 1.165) is 12.5 Å². The van der Waals surface area contributed by atoms with E-state index in [4.69, 9.17) is 4.74 Å². The summed E-state index contributed by atoms with van der Waals surface area (Å²) in [6, 6.07) is 0. The number of nitrogens with one attached hydrogen (secondary N) is 1. The average molecular weight is 213 g/mol. The maximum absolute atomic E-state index is 6.29. The van der Waals surface area contributed by atoms with Crippen LogP contribution in [0, 0.1) is 5.92 Å². The summed E-state index contributed by atoms with van der Waals surface area (Å²) in [6.45, 7) is 9.80. The first-order valence-corrected chi connectivity index (χ1v) is 6.22. The maximum atomic E-state index is 6.29. The van der Waals surface area contributed by atoms with Crippen molar-refractivity contribution >= 4 is 0 Å². The summed E-state index contributed by atoms with van der Waals surface area (Å²) in [5, 5.41) is 3.29. The van der Waals surface area contributed by atoms with Gasteiger partial charge in [0.2, 0.25) is 0 Å². The first-order valence-electron chi connectivity index (χ1n) is 6.22. The largest absolute Gasteiger partial charge is 0.368 e. The average Bonchev–Trinajstić information content (AvgIpc) is 2.08. The van der Waals surface area contributed by atoms with E-state index < -0.39 is 0 Å². The highest BCUT2D eigenvalue weighted by Crippen LogP contribution is 2.37. The Kier molecular flexibility index (Phi) is 4.19. The first kappa shape index (κ1) is 13.0. The SMILES string of the molecule is CNCC1(OC(C)(C)C)CCC(C)CC1. The van der Waals surface area contributed by atoms with Gasteiger partial charge in [0, 0.05) is 6.54 Å². The van der Waals surface area contributed by atoms with Gasteiger partial charge in [0.15, 0.2) is 0 Å². The summed E-state index contributed by atoms with van der Waals surface area (Å²) in [5.74, 6) is 0.874. The molecule has 15 heavy (non-hydrogen) atoms. The molecule has 0 aromatic heterocycles. The van der Waals surface area contributed by atoms with E-state index in [9.17, 15) is 0 Å². The van der Waals surface area contributed by atoms with Crippen molar-refractivity contribution in [1.29, 1.82) is 0 Å². The minimum Gasteiger partial charge on any atom is -0.368 e. The first-order chi connectivity index (χ1) is 6.87. The van der Waals surface area contributed by atoms with E-state index in [1.54, 1.807) is 0 Å².